The van der Waals surface area contributed by atoms with Crippen LogP contribution >= 0.6 is 11.6 Å². The highest BCUT2D eigenvalue weighted by Crippen LogP contribution is 2.39. The van der Waals surface area contributed by atoms with Gasteiger partial charge in [-0.25, -0.2) is 0 Å². The molecule has 2 heterocycles. The number of fused-ring (bicyclic) bond motifs is 5. The van der Waals surface area contributed by atoms with Crippen LogP contribution in [-0.2, 0) is 11.5 Å². The SMILES string of the molecule is CN1C(=O)c2c(C(=O)Cl)cc3c(c2C1=O)c1ccccc1n3COCC[Si](C)(C)C. The molecule has 6 nitrogen and oxygen atoms in total. The summed E-state index contributed by atoms with van der Waals surface area (Å²) in [6.07, 6.45) is 0. The summed E-state index contributed by atoms with van der Waals surface area (Å²) in [5.41, 5.74) is 1.90. The van der Waals surface area contributed by atoms with Crippen LogP contribution < -0.4 is 0 Å². The third-order valence-corrected chi connectivity index (χ3v) is 7.43. The van der Waals surface area contributed by atoms with Gasteiger partial charge in [0.2, 0.25) is 0 Å². The smallest absolute Gasteiger partial charge is 0.262 e. The number of nitrogens with zero attached hydrogens (tertiary/aromatic N) is 2. The zero-order valence-corrected chi connectivity index (χ0v) is 19.2. The standard InChI is InChI=1S/C22H23ClN2O4Si/c1-24-21(27)18-14(20(23)26)11-16-17(19(18)22(24)28)13-7-5-6-8-15(13)25(16)12-29-9-10-30(2,3)4/h5-8,11H,9-10,12H2,1-4H3. The molecular formula is C22H23ClN2O4Si. The highest BCUT2D eigenvalue weighted by atomic mass is 35.5. The Bertz CT molecular complexity index is 1230. The molecule has 0 radical (unpaired) electrons. The van der Waals surface area contributed by atoms with Gasteiger partial charge in [0.1, 0.15) is 6.73 Å². The van der Waals surface area contributed by atoms with E-state index in [4.69, 9.17) is 16.3 Å². The van der Waals surface area contributed by atoms with Crippen LogP contribution in [0.2, 0.25) is 25.7 Å². The molecule has 0 saturated carbocycles. The van der Waals surface area contributed by atoms with Crippen molar-refractivity contribution in [1.82, 2.24) is 9.47 Å². The van der Waals surface area contributed by atoms with Crippen LogP contribution in [0.4, 0.5) is 0 Å². The average molecular weight is 443 g/mol. The van der Waals surface area contributed by atoms with Crippen molar-refractivity contribution in [3.05, 3.63) is 47.0 Å². The molecular weight excluding hydrogens is 420 g/mol. The number of amides is 2. The zero-order chi connectivity index (χ0) is 21.8. The van der Waals surface area contributed by atoms with Gasteiger partial charge in [-0.2, -0.15) is 0 Å². The molecule has 2 amide bonds. The zero-order valence-electron chi connectivity index (χ0n) is 17.4. The topological polar surface area (TPSA) is 68.6 Å². The molecule has 30 heavy (non-hydrogen) atoms. The first-order valence-electron chi connectivity index (χ1n) is 9.79. The van der Waals surface area contributed by atoms with Crippen molar-refractivity contribution < 1.29 is 19.1 Å². The Kier molecular flexibility index (Phi) is 5.08. The van der Waals surface area contributed by atoms with Crippen molar-refractivity contribution in [1.29, 1.82) is 0 Å². The van der Waals surface area contributed by atoms with Crippen LogP contribution in [0.1, 0.15) is 31.1 Å². The van der Waals surface area contributed by atoms with E-state index in [-0.39, 0.29) is 23.4 Å². The second-order valence-electron chi connectivity index (χ2n) is 8.80. The second kappa shape index (κ2) is 7.33. The summed E-state index contributed by atoms with van der Waals surface area (Å²) < 4.78 is 7.92. The number of hydrogen-bond donors (Lipinski definition) is 0. The monoisotopic (exact) mass is 442 g/mol. The number of hydrogen-bond acceptors (Lipinski definition) is 4. The van der Waals surface area contributed by atoms with E-state index in [0.717, 1.165) is 21.8 Å². The van der Waals surface area contributed by atoms with Gasteiger partial charge in [0.15, 0.2) is 0 Å². The molecule has 0 spiro atoms. The summed E-state index contributed by atoms with van der Waals surface area (Å²) in [7, 11) is 0.181. The highest BCUT2D eigenvalue weighted by molar-refractivity contribution is 6.76. The average Bonchev–Trinajstić information content (AvgIpc) is 3.11. The minimum absolute atomic E-state index is 0.0491. The van der Waals surface area contributed by atoms with Gasteiger partial charge in [0.05, 0.1) is 22.2 Å². The van der Waals surface area contributed by atoms with E-state index in [1.807, 2.05) is 28.8 Å². The lowest BCUT2D eigenvalue weighted by molar-refractivity contribution is 0.0692. The molecule has 0 unspecified atom stereocenters. The fourth-order valence-corrected chi connectivity index (χ4v) is 4.80. The van der Waals surface area contributed by atoms with Crippen molar-refractivity contribution in [2.45, 2.75) is 32.4 Å². The lowest BCUT2D eigenvalue weighted by atomic mass is 9.97. The third kappa shape index (κ3) is 3.27. The maximum Gasteiger partial charge on any atom is 0.262 e. The first-order chi connectivity index (χ1) is 14.1. The largest absolute Gasteiger partial charge is 0.361 e. The molecule has 0 N–H and O–H groups in total. The van der Waals surface area contributed by atoms with E-state index in [0.29, 0.717) is 17.5 Å². The van der Waals surface area contributed by atoms with Gasteiger partial charge in [-0.15, -0.1) is 0 Å². The fourth-order valence-electron chi connectivity index (χ4n) is 3.90. The summed E-state index contributed by atoms with van der Waals surface area (Å²) in [6, 6.07) is 10.3. The predicted molar refractivity (Wildman–Crippen MR) is 120 cm³/mol. The number of aromatic nitrogens is 1. The van der Waals surface area contributed by atoms with E-state index in [1.54, 1.807) is 6.07 Å². The quantitative estimate of drug-likeness (QED) is 0.240. The minimum Gasteiger partial charge on any atom is -0.361 e. The molecule has 0 atom stereocenters. The van der Waals surface area contributed by atoms with Gasteiger partial charge >= 0.3 is 0 Å². The Balaban J connectivity index is 1.95. The van der Waals surface area contributed by atoms with Gasteiger partial charge in [-0.1, -0.05) is 37.8 Å². The van der Waals surface area contributed by atoms with Gasteiger partial charge in [-0.05, 0) is 29.8 Å². The molecule has 1 aliphatic rings. The number of para-hydroxylation sites is 1. The molecule has 2 aromatic carbocycles. The highest BCUT2D eigenvalue weighted by Gasteiger charge is 2.39. The van der Waals surface area contributed by atoms with Crippen molar-refractivity contribution in [3.8, 4) is 0 Å². The third-order valence-electron chi connectivity index (χ3n) is 5.53. The van der Waals surface area contributed by atoms with Gasteiger partial charge in [0.25, 0.3) is 17.1 Å². The first-order valence-corrected chi connectivity index (χ1v) is 13.9. The van der Waals surface area contributed by atoms with E-state index in [2.05, 4.69) is 19.6 Å². The molecule has 1 aliphatic heterocycles. The van der Waals surface area contributed by atoms with E-state index in [1.165, 1.54) is 7.05 Å². The molecule has 0 saturated heterocycles. The fraction of sp³-hybridized carbons (Fsp3) is 0.318. The maximum atomic E-state index is 12.9. The maximum absolute atomic E-state index is 12.9. The molecule has 0 fully saturated rings. The Morgan fingerprint density at radius 3 is 2.40 bits per heavy atom. The molecule has 3 aromatic rings. The van der Waals surface area contributed by atoms with Gasteiger partial charge in [-0.3, -0.25) is 19.3 Å². The first kappa shape index (κ1) is 20.8. The van der Waals surface area contributed by atoms with Crippen molar-refractivity contribution in [2.24, 2.45) is 0 Å². The molecule has 0 bridgehead atoms. The molecule has 1 aromatic heterocycles. The normalized spacial score (nSPS) is 14.2. The van der Waals surface area contributed by atoms with Crippen LogP contribution in [0, 0.1) is 0 Å². The molecule has 4 rings (SSSR count). The van der Waals surface area contributed by atoms with Crippen molar-refractivity contribution in [3.63, 3.8) is 0 Å². The second-order valence-corrected chi connectivity index (χ2v) is 14.8. The van der Waals surface area contributed by atoms with Crippen LogP contribution in [0.15, 0.2) is 30.3 Å². The minimum atomic E-state index is -1.23. The van der Waals surface area contributed by atoms with Gasteiger partial charge in [0, 0.05) is 38.1 Å². The molecule has 8 heteroatoms. The van der Waals surface area contributed by atoms with E-state index in [9.17, 15) is 14.4 Å². The number of halogens is 1. The number of carbonyl (C=O) groups is 3. The van der Waals surface area contributed by atoms with Crippen LogP contribution in [0.5, 0.6) is 0 Å². The van der Waals surface area contributed by atoms with Gasteiger partial charge < -0.3 is 9.30 Å². The Morgan fingerprint density at radius 2 is 1.73 bits per heavy atom. The number of imide groups is 1. The summed E-state index contributed by atoms with van der Waals surface area (Å²) >= 11 is 5.82. The van der Waals surface area contributed by atoms with Crippen LogP contribution in [-0.4, -0.2) is 48.3 Å². The van der Waals surface area contributed by atoms with Crippen molar-refractivity contribution in [2.75, 3.05) is 13.7 Å². The lowest BCUT2D eigenvalue weighted by Crippen LogP contribution is -2.24. The van der Waals surface area contributed by atoms with Crippen molar-refractivity contribution >= 4 is 58.5 Å². The Morgan fingerprint density at radius 1 is 1.07 bits per heavy atom. The number of ether oxygens (including phenoxy) is 1. The lowest BCUT2D eigenvalue weighted by Gasteiger charge is -2.16. The summed E-state index contributed by atoms with van der Waals surface area (Å²) in [6.45, 7) is 7.78. The summed E-state index contributed by atoms with van der Waals surface area (Å²) in [4.78, 5) is 38.8. The molecule has 156 valence electrons. The van der Waals surface area contributed by atoms with Crippen LogP contribution in [0.25, 0.3) is 21.8 Å². The summed E-state index contributed by atoms with van der Waals surface area (Å²) in [5.74, 6) is -0.938. The Hall–Kier alpha value is -2.48. The predicted octanol–water partition coefficient (Wildman–Crippen LogP) is 4.71. The van der Waals surface area contributed by atoms with E-state index < -0.39 is 25.1 Å². The summed E-state index contributed by atoms with van der Waals surface area (Å²) in [5, 5.41) is 0.724. The number of rotatable bonds is 6. The molecule has 0 aliphatic carbocycles. The van der Waals surface area contributed by atoms with Crippen LogP contribution in [0.3, 0.4) is 0 Å². The number of carbonyl (C=O) groups excluding carboxylic acids is 3. The Labute approximate surface area is 180 Å². The number of benzene rings is 2. The van der Waals surface area contributed by atoms with E-state index >= 15 is 0 Å².